The topological polar surface area (TPSA) is 98.7 Å². The quantitative estimate of drug-likeness (QED) is 0.440. The minimum Gasteiger partial charge on any atom is -0.479 e. The summed E-state index contributed by atoms with van der Waals surface area (Å²) in [6.45, 7) is 1.52. The van der Waals surface area contributed by atoms with Gasteiger partial charge in [0.2, 0.25) is 5.91 Å². The van der Waals surface area contributed by atoms with Crippen molar-refractivity contribution in [1.29, 1.82) is 0 Å². The Morgan fingerprint density at radius 2 is 1.69 bits per heavy atom. The maximum Gasteiger partial charge on any atom is 0.331 e. The zero-order valence-electron chi connectivity index (χ0n) is 17.3. The maximum absolute atomic E-state index is 13.2. The van der Waals surface area contributed by atoms with Gasteiger partial charge in [-0.1, -0.05) is 58.4 Å². The first-order valence-corrected chi connectivity index (χ1v) is 10.6. The molecule has 0 spiro atoms. The lowest BCUT2D eigenvalue weighted by Gasteiger charge is -2.29. The smallest absolute Gasteiger partial charge is 0.331 e. The number of hydrogen-bond donors (Lipinski definition) is 3. The van der Waals surface area contributed by atoms with Crippen molar-refractivity contribution in [2.75, 3.05) is 16.8 Å². The van der Waals surface area contributed by atoms with Crippen LogP contribution in [-0.2, 0) is 9.59 Å². The number of carboxylic acids is 1. The van der Waals surface area contributed by atoms with Crippen molar-refractivity contribution in [1.82, 2.24) is 5.32 Å². The van der Waals surface area contributed by atoms with Gasteiger partial charge in [-0.25, -0.2) is 9.59 Å². The average molecular weight is 496 g/mol. The van der Waals surface area contributed by atoms with Gasteiger partial charge < -0.3 is 15.7 Å². The van der Waals surface area contributed by atoms with Crippen LogP contribution in [0.5, 0.6) is 0 Å². The molecule has 0 aliphatic carbocycles. The zero-order chi connectivity index (χ0) is 23.1. The van der Waals surface area contributed by atoms with E-state index in [2.05, 4.69) is 26.6 Å². The molecule has 1 atom stereocenters. The Labute approximate surface area is 194 Å². The molecule has 32 heavy (non-hydrogen) atoms. The number of carboxylic acid groups (broad SMARTS) is 1. The molecule has 0 aromatic heterocycles. The number of para-hydroxylation sites is 1. The number of halogens is 1. The van der Waals surface area contributed by atoms with Gasteiger partial charge in [0, 0.05) is 15.8 Å². The van der Waals surface area contributed by atoms with Crippen molar-refractivity contribution in [2.24, 2.45) is 0 Å². The largest absolute Gasteiger partial charge is 0.479 e. The van der Waals surface area contributed by atoms with Crippen LogP contribution in [0.15, 0.2) is 83.3 Å². The molecule has 1 unspecified atom stereocenters. The number of nitrogens with one attached hydrogen (secondary N) is 2. The molecular formula is C24H22BrN3O4. The average Bonchev–Trinajstić information content (AvgIpc) is 2.76. The number of urea groups is 1. The lowest BCUT2D eigenvalue weighted by molar-refractivity contribution is -0.140. The second-order valence-corrected chi connectivity index (χ2v) is 7.99. The van der Waals surface area contributed by atoms with E-state index in [9.17, 15) is 19.5 Å². The monoisotopic (exact) mass is 495 g/mol. The van der Waals surface area contributed by atoms with Crippen LogP contribution in [0.2, 0.25) is 0 Å². The highest BCUT2D eigenvalue weighted by Crippen LogP contribution is 2.29. The second kappa shape index (κ2) is 10.6. The van der Waals surface area contributed by atoms with E-state index in [1.165, 1.54) is 4.90 Å². The van der Waals surface area contributed by atoms with Crippen molar-refractivity contribution in [2.45, 2.75) is 13.0 Å². The molecule has 0 saturated carbocycles. The van der Waals surface area contributed by atoms with E-state index in [0.29, 0.717) is 21.4 Å². The van der Waals surface area contributed by atoms with Crippen LogP contribution in [-0.4, -0.2) is 29.6 Å². The zero-order valence-corrected chi connectivity index (χ0v) is 18.9. The fourth-order valence-corrected chi connectivity index (χ4v) is 3.66. The van der Waals surface area contributed by atoms with Gasteiger partial charge in [0.25, 0.3) is 0 Å². The molecule has 0 heterocycles. The summed E-state index contributed by atoms with van der Waals surface area (Å²) in [6, 6.07) is 20.7. The molecule has 3 aromatic rings. The molecule has 0 saturated heterocycles. The van der Waals surface area contributed by atoms with Crippen LogP contribution < -0.4 is 15.5 Å². The molecule has 0 bridgehead atoms. The highest BCUT2D eigenvalue weighted by atomic mass is 79.9. The number of aryl methyl sites for hydroxylation is 1. The molecule has 0 radical (unpaired) electrons. The molecule has 164 valence electrons. The Balaban J connectivity index is 1.83. The Morgan fingerprint density at radius 1 is 0.969 bits per heavy atom. The molecule has 7 nitrogen and oxygen atoms in total. The summed E-state index contributed by atoms with van der Waals surface area (Å²) in [6.07, 6.45) is 0. The summed E-state index contributed by atoms with van der Waals surface area (Å²) in [7, 11) is 0. The van der Waals surface area contributed by atoms with E-state index < -0.39 is 23.9 Å². The molecule has 0 aliphatic rings. The Bertz CT molecular complexity index is 1120. The predicted molar refractivity (Wildman–Crippen MR) is 127 cm³/mol. The van der Waals surface area contributed by atoms with Crippen LogP contribution in [0.3, 0.4) is 0 Å². The second-order valence-electron chi connectivity index (χ2n) is 7.07. The molecule has 3 amide bonds. The molecular weight excluding hydrogens is 474 g/mol. The molecule has 0 fully saturated rings. The summed E-state index contributed by atoms with van der Waals surface area (Å²) in [4.78, 5) is 38.9. The van der Waals surface area contributed by atoms with Crippen LogP contribution in [0.25, 0.3) is 0 Å². The normalized spacial score (nSPS) is 11.3. The summed E-state index contributed by atoms with van der Waals surface area (Å²) < 4.78 is 0.692. The lowest BCUT2D eigenvalue weighted by atomic mass is 10.0. The first-order valence-electron chi connectivity index (χ1n) is 9.82. The standard InChI is InChI=1S/C24H22BrN3O4/c1-16-7-5-10-19(13-16)27-24(32)26-15-21(29)28(20-11-3-2-4-12-20)22(23(30)31)17-8-6-9-18(25)14-17/h2-14,22H,15H2,1H3,(H,30,31)(H2,26,27,32). The van der Waals surface area contributed by atoms with Crippen molar-refractivity contribution in [3.63, 3.8) is 0 Å². The Kier molecular flexibility index (Phi) is 7.62. The number of rotatable bonds is 7. The van der Waals surface area contributed by atoms with E-state index >= 15 is 0 Å². The van der Waals surface area contributed by atoms with Crippen LogP contribution in [0, 0.1) is 6.92 Å². The number of nitrogens with zero attached hydrogens (tertiary/aromatic N) is 1. The molecule has 3 aromatic carbocycles. The van der Waals surface area contributed by atoms with Crippen LogP contribution >= 0.6 is 15.9 Å². The highest BCUT2D eigenvalue weighted by Gasteiger charge is 2.32. The number of benzene rings is 3. The number of anilines is 2. The first kappa shape index (κ1) is 23.0. The predicted octanol–water partition coefficient (Wildman–Crippen LogP) is 4.74. The fraction of sp³-hybridized carbons (Fsp3) is 0.125. The lowest BCUT2D eigenvalue weighted by Crippen LogP contribution is -2.45. The third-order valence-corrected chi connectivity index (χ3v) is 5.13. The van der Waals surface area contributed by atoms with Gasteiger partial charge in [0.05, 0.1) is 6.54 Å². The number of carbonyl (C=O) groups excluding carboxylic acids is 2. The summed E-state index contributed by atoms with van der Waals surface area (Å²) >= 11 is 3.35. The first-order chi connectivity index (χ1) is 15.3. The third-order valence-electron chi connectivity index (χ3n) is 4.64. The number of aliphatic carboxylic acids is 1. The highest BCUT2D eigenvalue weighted by molar-refractivity contribution is 9.10. The van der Waals surface area contributed by atoms with Gasteiger partial charge in [-0.05, 0) is 54.4 Å². The fourth-order valence-electron chi connectivity index (χ4n) is 3.24. The molecule has 3 N–H and O–H groups in total. The van der Waals surface area contributed by atoms with Gasteiger partial charge in [-0.3, -0.25) is 9.69 Å². The van der Waals surface area contributed by atoms with Crippen LogP contribution in [0.1, 0.15) is 17.2 Å². The summed E-state index contributed by atoms with van der Waals surface area (Å²) in [5.74, 6) is -1.76. The SMILES string of the molecule is Cc1cccc(NC(=O)NCC(=O)N(c2ccccc2)C(C(=O)O)c2cccc(Br)c2)c1. The van der Waals surface area contributed by atoms with E-state index in [1.807, 2.05) is 19.1 Å². The van der Waals surface area contributed by atoms with E-state index in [4.69, 9.17) is 0 Å². The summed E-state index contributed by atoms with van der Waals surface area (Å²) in [5, 5.41) is 15.2. The van der Waals surface area contributed by atoms with Gasteiger partial charge in [-0.15, -0.1) is 0 Å². The van der Waals surface area contributed by atoms with Gasteiger partial charge in [0.1, 0.15) is 0 Å². The van der Waals surface area contributed by atoms with Gasteiger partial charge >= 0.3 is 12.0 Å². The molecule has 0 aliphatic heterocycles. The van der Waals surface area contributed by atoms with E-state index in [-0.39, 0.29) is 6.54 Å². The van der Waals surface area contributed by atoms with E-state index in [1.54, 1.807) is 66.7 Å². The third kappa shape index (κ3) is 5.95. The van der Waals surface area contributed by atoms with Gasteiger partial charge in [-0.2, -0.15) is 0 Å². The number of amides is 3. The minimum absolute atomic E-state index is 0.385. The molecule has 3 rings (SSSR count). The summed E-state index contributed by atoms with van der Waals surface area (Å²) in [5.41, 5.74) is 2.40. The van der Waals surface area contributed by atoms with Gasteiger partial charge in [0.15, 0.2) is 6.04 Å². The number of carbonyl (C=O) groups is 3. The minimum atomic E-state index is -1.27. The maximum atomic E-state index is 13.2. The Morgan fingerprint density at radius 3 is 2.34 bits per heavy atom. The number of hydrogen-bond acceptors (Lipinski definition) is 3. The van der Waals surface area contributed by atoms with Crippen LogP contribution in [0.4, 0.5) is 16.2 Å². The molecule has 8 heteroatoms. The van der Waals surface area contributed by atoms with E-state index in [0.717, 1.165) is 5.56 Å². The van der Waals surface area contributed by atoms with Crippen molar-refractivity contribution < 1.29 is 19.5 Å². The Hall–Kier alpha value is -3.65. The van der Waals surface area contributed by atoms with Crippen molar-refractivity contribution in [3.05, 3.63) is 94.5 Å². The van der Waals surface area contributed by atoms with Crippen molar-refractivity contribution in [3.8, 4) is 0 Å². The van der Waals surface area contributed by atoms with Crippen molar-refractivity contribution >= 4 is 45.2 Å².